The lowest BCUT2D eigenvalue weighted by atomic mass is 10.0. The number of aromatic amines is 1. The van der Waals surface area contributed by atoms with Crippen molar-refractivity contribution in [3.8, 4) is 0 Å². The van der Waals surface area contributed by atoms with Crippen molar-refractivity contribution in [2.75, 3.05) is 0 Å². The highest BCUT2D eigenvalue weighted by Gasteiger charge is 2.21. The number of amides is 1. The molecule has 2 heterocycles. The molecule has 6 heteroatoms. The Hall–Kier alpha value is -2.53. The first kappa shape index (κ1) is 15.4. The van der Waals surface area contributed by atoms with E-state index in [4.69, 9.17) is 11.6 Å². The molecule has 0 fully saturated rings. The molecule has 3 rings (SSSR count). The second-order valence-electron chi connectivity index (χ2n) is 5.39. The highest BCUT2D eigenvalue weighted by molar-refractivity contribution is 6.30. The lowest BCUT2D eigenvalue weighted by molar-refractivity contribution is 0.0941. The molecule has 0 bridgehead atoms. The van der Waals surface area contributed by atoms with E-state index in [1.807, 2.05) is 38.4 Å². The zero-order chi connectivity index (χ0) is 16.4. The van der Waals surface area contributed by atoms with Gasteiger partial charge in [-0.1, -0.05) is 23.7 Å². The molecule has 2 N–H and O–H groups in total. The Kier molecular flexibility index (Phi) is 4.21. The summed E-state index contributed by atoms with van der Waals surface area (Å²) in [4.78, 5) is 15.6. The number of nitrogens with zero attached hydrogens (tertiary/aromatic N) is 2. The molecule has 0 saturated carbocycles. The minimum atomic E-state index is -0.338. The third kappa shape index (κ3) is 3.29. The monoisotopic (exact) mass is 328 g/mol. The van der Waals surface area contributed by atoms with Gasteiger partial charge in [-0.05, 0) is 36.8 Å². The van der Waals surface area contributed by atoms with E-state index in [-0.39, 0.29) is 11.9 Å². The molecule has 118 valence electrons. The fraction of sp³-hybridized carbons (Fsp3) is 0.176. The topological polar surface area (TPSA) is 62.7 Å². The maximum Gasteiger partial charge on any atom is 0.253 e. The maximum absolute atomic E-state index is 12.6. The molecule has 0 aliphatic carbocycles. The molecule has 0 radical (unpaired) electrons. The fourth-order valence-corrected chi connectivity index (χ4v) is 2.60. The molecule has 2 aromatic heterocycles. The van der Waals surface area contributed by atoms with Gasteiger partial charge in [0.2, 0.25) is 0 Å². The van der Waals surface area contributed by atoms with Crippen molar-refractivity contribution in [2.45, 2.75) is 13.0 Å². The third-order valence-electron chi connectivity index (χ3n) is 3.71. The first-order chi connectivity index (χ1) is 11.0. The van der Waals surface area contributed by atoms with Crippen LogP contribution < -0.4 is 5.32 Å². The molecule has 3 aromatic rings. The second-order valence-corrected chi connectivity index (χ2v) is 5.83. The highest BCUT2D eigenvalue weighted by Crippen LogP contribution is 2.23. The molecule has 0 spiro atoms. The van der Waals surface area contributed by atoms with Crippen molar-refractivity contribution in [3.63, 3.8) is 0 Å². The van der Waals surface area contributed by atoms with Crippen LogP contribution in [0.5, 0.6) is 0 Å². The summed E-state index contributed by atoms with van der Waals surface area (Å²) < 4.78 is 1.71. The van der Waals surface area contributed by atoms with Gasteiger partial charge < -0.3 is 10.3 Å². The van der Waals surface area contributed by atoms with E-state index < -0.39 is 0 Å². The molecule has 1 amide bonds. The summed E-state index contributed by atoms with van der Waals surface area (Å²) in [7, 11) is 1.85. The van der Waals surface area contributed by atoms with Crippen LogP contribution in [0.4, 0.5) is 0 Å². The Morgan fingerprint density at radius 3 is 2.57 bits per heavy atom. The Balaban J connectivity index is 1.94. The molecule has 5 nitrogen and oxygen atoms in total. The highest BCUT2D eigenvalue weighted by atomic mass is 35.5. The van der Waals surface area contributed by atoms with Gasteiger partial charge in [-0.3, -0.25) is 9.48 Å². The molecule has 0 aliphatic rings. The van der Waals surface area contributed by atoms with Gasteiger partial charge in [0, 0.05) is 30.2 Å². The van der Waals surface area contributed by atoms with Gasteiger partial charge >= 0.3 is 0 Å². The lowest BCUT2D eigenvalue weighted by Crippen LogP contribution is -2.30. The van der Waals surface area contributed by atoms with Crippen LogP contribution in [0.15, 0.2) is 48.8 Å². The number of H-pyrrole nitrogens is 1. The SMILES string of the molecule is Cc1[nH]ccc1C(=O)N[C@@H](c1ccc(Cl)cc1)c1ccn(C)n1. The summed E-state index contributed by atoms with van der Waals surface area (Å²) in [5.74, 6) is -0.144. The zero-order valence-corrected chi connectivity index (χ0v) is 13.6. The normalized spacial score (nSPS) is 12.1. The number of carbonyl (C=O) groups excluding carboxylic acids is 1. The van der Waals surface area contributed by atoms with Crippen molar-refractivity contribution in [1.82, 2.24) is 20.1 Å². The number of rotatable bonds is 4. The van der Waals surface area contributed by atoms with E-state index in [1.165, 1.54) is 0 Å². The van der Waals surface area contributed by atoms with E-state index >= 15 is 0 Å². The minimum Gasteiger partial charge on any atom is -0.365 e. The first-order valence-corrected chi connectivity index (χ1v) is 7.62. The van der Waals surface area contributed by atoms with E-state index in [2.05, 4.69) is 15.4 Å². The standard InChI is InChI=1S/C17H17ClN4O/c1-11-14(7-9-19-11)17(23)20-16(15-8-10-22(2)21-15)12-3-5-13(18)6-4-12/h3-10,16,19H,1-2H3,(H,20,23)/t16-/m0/s1. The summed E-state index contributed by atoms with van der Waals surface area (Å²) in [5, 5.41) is 8.13. The summed E-state index contributed by atoms with van der Waals surface area (Å²) in [5.41, 5.74) is 3.16. The predicted octanol–water partition coefficient (Wildman–Crippen LogP) is 3.23. The van der Waals surface area contributed by atoms with Crippen LogP contribution in [0, 0.1) is 6.92 Å². The van der Waals surface area contributed by atoms with Gasteiger partial charge in [0.1, 0.15) is 0 Å². The van der Waals surface area contributed by atoms with Gasteiger partial charge in [0.05, 0.1) is 17.3 Å². The number of carbonyl (C=O) groups is 1. The Labute approximate surface area is 139 Å². The number of nitrogens with one attached hydrogen (secondary N) is 2. The van der Waals surface area contributed by atoms with Gasteiger partial charge in [-0.15, -0.1) is 0 Å². The molecule has 0 unspecified atom stereocenters. The van der Waals surface area contributed by atoms with Gasteiger partial charge in [-0.25, -0.2) is 0 Å². The maximum atomic E-state index is 12.6. The van der Waals surface area contributed by atoms with E-state index in [1.54, 1.807) is 29.1 Å². The van der Waals surface area contributed by atoms with Crippen LogP contribution in [0.3, 0.4) is 0 Å². The van der Waals surface area contributed by atoms with Crippen LogP contribution in [0.1, 0.15) is 33.4 Å². The lowest BCUT2D eigenvalue weighted by Gasteiger charge is -2.17. The van der Waals surface area contributed by atoms with Crippen molar-refractivity contribution in [2.24, 2.45) is 7.05 Å². The Morgan fingerprint density at radius 2 is 2.00 bits per heavy atom. The van der Waals surface area contributed by atoms with Gasteiger partial charge in [0.25, 0.3) is 5.91 Å². The summed E-state index contributed by atoms with van der Waals surface area (Å²) >= 11 is 5.96. The molecule has 0 aliphatic heterocycles. The third-order valence-corrected chi connectivity index (χ3v) is 3.96. The zero-order valence-electron chi connectivity index (χ0n) is 12.9. The van der Waals surface area contributed by atoms with Crippen LogP contribution >= 0.6 is 11.6 Å². The van der Waals surface area contributed by atoms with E-state index in [9.17, 15) is 4.79 Å². The van der Waals surface area contributed by atoms with Crippen molar-refractivity contribution < 1.29 is 4.79 Å². The Morgan fingerprint density at radius 1 is 1.26 bits per heavy atom. The molecule has 1 aromatic carbocycles. The van der Waals surface area contributed by atoms with E-state index in [0.29, 0.717) is 10.6 Å². The molecule has 23 heavy (non-hydrogen) atoms. The van der Waals surface area contributed by atoms with Crippen LogP contribution in [-0.2, 0) is 7.05 Å². The number of benzene rings is 1. The van der Waals surface area contributed by atoms with Crippen LogP contribution in [0.25, 0.3) is 0 Å². The molecular weight excluding hydrogens is 312 g/mol. The van der Waals surface area contributed by atoms with Crippen LogP contribution in [0.2, 0.25) is 5.02 Å². The summed E-state index contributed by atoms with van der Waals surface area (Å²) in [6, 6.07) is 10.7. The fourth-order valence-electron chi connectivity index (χ4n) is 2.48. The number of aryl methyl sites for hydroxylation is 2. The number of halogens is 1. The number of hydrogen-bond donors (Lipinski definition) is 2. The first-order valence-electron chi connectivity index (χ1n) is 7.24. The van der Waals surface area contributed by atoms with Crippen molar-refractivity contribution in [1.29, 1.82) is 0 Å². The smallest absolute Gasteiger partial charge is 0.253 e. The average Bonchev–Trinajstić information content (AvgIpc) is 3.14. The largest absolute Gasteiger partial charge is 0.365 e. The van der Waals surface area contributed by atoms with Crippen molar-refractivity contribution in [3.05, 3.63) is 76.3 Å². The summed E-state index contributed by atoms with van der Waals surface area (Å²) in [6.45, 7) is 1.87. The average molecular weight is 329 g/mol. The minimum absolute atomic E-state index is 0.144. The quantitative estimate of drug-likeness (QED) is 0.772. The van der Waals surface area contributed by atoms with Crippen molar-refractivity contribution >= 4 is 17.5 Å². The van der Waals surface area contributed by atoms with Gasteiger partial charge in [0.15, 0.2) is 0 Å². The molecular formula is C17H17ClN4O. The van der Waals surface area contributed by atoms with Crippen LogP contribution in [-0.4, -0.2) is 20.7 Å². The van der Waals surface area contributed by atoms with Gasteiger partial charge in [-0.2, -0.15) is 5.10 Å². The number of aromatic nitrogens is 3. The summed E-state index contributed by atoms with van der Waals surface area (Å²) in [6.07, 6.45) is 3.61. The second kappa shape index (κ2) is 6.30. The predicted molar refractivity (Wildman–Crippen MR) is 89.5 cm³/mol. The molecule has 0 saturated heterocycles. The molecule has 1 atom stereocenters. The Bertz CT molecular complexity index is 819. The number of hydrogen-bond acceptors (Lipinski definition) is 2. The van der Waals surface area contributed by atoms with E-state index in [0.717, 1.165) is 17.0 Å².